The SMILES string of the molecule is CN(C)c1ccc(CC2(C)CO2)cc1. The molecule has 1 aliphatic rings. The molecule has 76 valence electrons. The monoisotopic (exact) mass is 191 g/mol. The highest BCUT2D eigenvalue weighted by molar-refractivity contribution is 5.46. The summed E-state index contributed by atoms with van der Waals surface area (Å²) < 4.78 is 5.37. The van der Waals surface area contributed by atoms with E-state index >= 15 is 0 Å². The average molecular weight is 191 g/mol. The summed E-state index contributed by atoms with van der Waals surface area (Å²) >= 11 is 0. The summed E-state index contributed by atoms with van der Waals surface area (Å²) in [6, 6.07) is 8.67. The maximum atomic E-state index is 5.37. The maximum Gasteiger partial charge on any atom is 0.0928 e. The zero-order valence-corrected chi connectivity index (χ0v) is 9.08. The topological polar surface area (TPSA) is 15.8 Å². The molecule has 0 bridgehead atoms. The number of hydrogen-bond donors (Lipinski definition) is 0. The van der Waals surface area contributed by atoms with E-state index in [2.05, 4.69) is 50.2 Å². The molecule has 0 N–H and O–H groups in total. The lowest BCUT2D eigenvalue weighted by molar-refractivity contribution is 0.322. The van der Waals surface area contributed by atoms with Gasteiger partial charge >= 0.3 is 0 Å². The molecular weight excluding hydrogens is 174 g/mol. The smallest absolute Gasteiger partial charge is 0.0928 e. The highest BCUT2D eigenvalue weighted by Crippen LogP contribution is 2.30. The first-order chi connectivity index (χ1) is 6.59. The van der Waals surface area contributed by atoms with Gasteiger partial charge in [-0.25, -0.2) is 0 Å². The summed E-state index contributed by atoms with van der Waals surface area (Å²) in [6.45, 7) is 3.06. The third-order valence-corrected chi connectivity index (χ3v) is 2.67. The van der Waals surface area contributed by atoms with Crippen molar-refractivity contribution in [1.29, 1.82) is 0 Å². The van der Waals surface area contributed by atoms with Gasteiger partial charge in [0.2, 0.25) is 0 Å². The van der Waals surface area contributed by atoms with Crippen molar-refractivity contribution in [2.24, 2.45) is 0 Å². The van der Waals surface area contributed by atoms with Crippen molar-refractivity contribution in [3.05, 3.63) is 29.8 Å². The van der Waals surface area contributed by atoms with Crippen LogP contribution in [0.25, 0.3) is 0 Å². The first-order valence-corrected chi connectivity index (χ1v) is 4.99. The van der Waals surface area contributed by atoms with Gasteiger partial charge in [-0.2, -0.15) is 0 Å². The molecule has 1 aromatic carbocycles. The number of hydrogen-bond acceptors (Lipinski definition) is 2. The van der Waals surface area contributed by atoms with E-state index in [-0.39, 0.29) is 5.60 Å². The van der Waals surface area contributed by atoms with Crippen LogP contribution >= 0.6 is 0 Å². The van der Waals surface area contributed by atoms with Gasteiger partial charge in [0, 0.05) is 26.2 Å². The third kappa shape index (κ3) is 2.07. The highest BCUT2D eigenvalue weighted by Gasteiger charge is 2.38. The largest absolute Gasteiger partial charge is 0.378 e. The minimum Gasteiger partial charge on any atom is -0.378 e. The Morgan fingerprint density at radius 1 is 1.29 bits per heavy atom. The van der Waals surface area contributed by atoms with Crippen LogP contribution in [0.1, 0.15) is 12.5 Å². The summed E-state index contributed by atoms with van der Waals surface area (Å²) in [5.74, 6) is 0. The number of rotatable bonds is 3. The van der Waals surface area contributed by atoms with Crippen LogP contribution in [0.4, 0.5) is 5.69 Å². The first kappa shape index (κ1) is 9.53. The van der Waals surface area contributed by atoms with Gasteiger partial charge in [0.15, 0.2) is 0 Å². The zero-order chi connectivity index (χ0) is 10.2. The summed E-state index contributed by atoms with van der Waals surface area (Å²) in [6.07, 6.45) is 1.03. The Balaban J connectivity index is 2.06. The molecule has 1 atom stereocenters. The standard InChI is InChI=1S/C12H17NO/c1-12(9-14-12)8-10-4-6-11(7-5-10)13(2)3/h4-7H,8-9H2,1-3H3. The molecule has 0 aromatic heterocycles. The fourth-order valence-corrected chi connectivity index (χ4v) is 1.57. The summed E-state index contributed by atoms with van der Waals surface area (Å²) in [4.78, 5) is 2.11. The van der Waals surface area contributed by atoms with Crippen LogP contribution in [0.5, 0.6) is 0 Å². The fourth-order valence-electron chi connectivity index (χ4n) is 1.57. The second-order valence-corrected chi connectivity index (χ2v) is 4.48. The Morgan fingerprint density at radius 2 is 1.86 bits per heavy atom. The molecule has 0 radical (unpaired) electrons. The molecule has 2 nitrogen and oxygen atoms in total. The van der Waals surface area contributed by atoms with Crippen molar-refractivity contribution in [1.82, 2.24) is 0 Å². The normalized spacial score (nSPS) is 24.8. The number of benzene rings is 1. The lowest BCUT2D eigenvalue weighted by Crippen LogP contribution is -2.10. The van der Waals surface area contributed by atoms with E-state index in [0.29, 0.717) is 0 Å². The van der Waals surface area contributed by atoms with Crippen molar-refractivity contribution in [3.63, 3.8) is 0 Å². The Bertz CT molecular complexity index is 312. The van der Waals surface area contributed by atoms with E-state index in [1.54, 1.807) is 0 Å². The van der Waals surface area contributed by atoms with Crippen LogP contribution in [0.15, 0.2) is 24.3 Å². The van der Waals surface area contributed by atoms with Gasteiger partial charge in [0.1, 0.15) is 0 Å². The van der Waals surface area contributed by atoms with E-state index in [1.807, 2.05) is 0 Å². The molecule has 1 saturated heterocycles. The van der Waals surface area contributed by atoms with Gasteiger partial charge in [0.05, 0.1) is 12.2 Å². The predicted molar refractivity (Wildman–Crippen MR) is 58.8 cm³/mol. The molecule has 0 spiro atoms. The lowest BCUT2D eigenvalue weighted by Gasteiger charge is -2.13. The van der Waals surface area contributed by atoms with E-state index in [1.165, 1.54) is 11.3 Å². The van der Waals surface area contributed by atoms with Gasteiger partial charge in [-0.05, 0) is 24.6 Å². The van der Waals surface area contributed by atoms with E-state index in [0.717, 1.165) is 13.0 Å². The Hall–Kier alpha value is -1.02. The third-order valence-electron chi connectivity index (χ3n) is 2.67. The Morgan fingerprint density at radius 3 is 2.29 bits per heavy atom. The van der Waals surface area contributed by atoms with Crippen molar-refractivity contribution in [2.45, 2.75) is 18.9 Å². The highest BCUT2D eigenvalue weighted by atomic mass is 16.6. The predicted octanol–water partition coefficient (Wildman–Crippen LogP) is 2.08. The molecule has 1 aromatic rings. The second kappa shape index (κ2) is 3.28. The minimum atomic E-state index is 0.125. The van der Waals surface area contributed by atoms with Crippen LogP contribution in [0, 0.1) is 0 Å². The molecule has 1 unspecified atom stereocenters. The molecule has 2 rings (SSSR count). The zero-order valence-electron chi connectivity index (χ0n) is 9.08. The number of anilines is 1. The molecule has 1 aliphatic heterocycles. The van der Waals surface area contributed by atoms with Crippen LogP contribution in [-0.2, 0) is 11.2 Å². The van der Waals surface area contributed by atoms with Crippen LogP contribution in [-0.4, -0.2) is 26.3 Å². The molecule has 0 aliphatic carbocycles. The van der Waals surface area contributed by atoms with Crippen LogP contribution in [0.2, 0.25) is 0 Å². The Kier molecular flexibility index (Phi) is 2.23. The van der Waals surface area contributed by atoms with Crippen molar-refractivity contribution in [3.8, 4) is 0 Å². The molecule has 1 fully saturated rings. The molecule has 2 heteroatoms. The van der Waals surface area contributed by atoms with Crippen molar-refractivity contribution >= 4 is 5.69 Å². The van der Waals surface area contributed by atoms with Crippen molar-refractivity contribution < 1.29 is 4.74 Å². The van der Waals surface area contributed by atoms with Gasteiger partial charge in [-0.15, -0.1) is 0 Å². The average Bonchev–Trinajstić information content (AvgIpc) is 2.84. The molecular formula is C12H17NO. The van der Waals surface area contributed by atoms with Gasteiger partial charge in [-0.3, -0.25) is 0 Å². The quantitative estimate of drug-likeness (QED) is 0.680. The van der Waals surface area contributed by atoms with Gasteiger partial charge in [-0.1, -0.05) is 12.1 Å². The maximum absolute atomic E-state index is 5.37. The molecule has 0 amide bonds. The molecule has 1 heterocycles. The van der Waals surface area contributed by atoms with E-state index in [9.17, 15) is 0 Å². The second-order valence-electron chi connectivity index (χ2n) is 4.48. The summed E-state index contributed by atoms with van der Waals surface area (Å²) in [7, 11) is 4.11. The fraction of sp³-hybridized carbons (Fsp3) is 0.500. The Labute approximate surface area is 85.5 Å². The number of nitrogens with zero attached hydrogens (tertiary/aromatic N) is 1. The van der Waals surface area contributed by atoms with E-state index < -0.39 is 0 Å². The van der Waals surface area contributed by atoms with Crippen LogP contribution < -0.4 is 4.90 Å². The van der Waals surface area contributed by atoms with Gasteiger partial charge < -0.3 is 9.64 Å². The van der Waals surface area contributed by atoms with Crippen molar-refractivity contribution in [2.75, 3.05) is 25.6 Å². The summed E-state index contributed by atoms with van der Waals surface area (Å²) in [5.41, 5.74) is 2.73. The van der Waals surface area contributed by atoms with Crippen LogP contribution in [0.3, 0.4) is 0 Å². The van der Waals surface area contributed by atoms with Gasteiger partial charge in [0.25, 0.3) is 0 Å². The number of epoxide rings is 1. The first-order valence-electron chi connectivity index (χ1n) is 4.99. The summed E-state index contributed by atoms with van der Waals surface area (Å²) in [5, 5.41) is 0. The number of ether oxygens (including phenoxy) is 1. The minimum absolute atomic E-state index is 0.125. The van der Waals surface area contributed by atoms with E-state index in [4.69, 9.17) is 4.74 Å². The molecule has 14 heavy (non-hydrogen) atoms. The molecule has 0 saturated carbocycles. The lowest BCUT2D eigenvalue weighted by atomic mass is 10.0.